The fraction of sp³-hybridized carbons (Fsp3) is 0.940. The highest BCUT2D eigenvalue weighted by Crippen LogP contribution is 2.46. The van der Waals surface area contributed by atoms with Crippen molar-refractivity contribution in [3.8, 4) is 0 Å². The molecule has 22 heteroatoms. The number of cyclic esters (lactones) is 1. The Bertz CT molecular complexity index is 1900. The second-order valence-corrected chi connectivity index (χ2v) is 23.6. The van der Waals surface area contributed by atoms with E-state index in [1.165, 1.54) is 19.1 Å². The number of aliphatic hydroxyl groups excluding tert-OH is 1. The van der Waals surface area contributed by atoms with Crippen LogP contribution in [0.3, 0.4) is 0 Å². The molecule has 72 heavy (non-hydrogen) atoms. The third-order valence-corrected chi connectivity index (χ3v) is 17.8. The van der Waals surface area contributed by atoms with Gasteiger partial charge in [-0.2, -0.15) is 8.42 Å². The summed E-state index contributed by atoms with van der Waals surface area (Å²) in [5.41, 5.74) is -5.64. The Morgan fingerprint density at radius 1 is 0.889 bits per heavy atom. The van der Waals surface area contributed by atoms with Crippen molar-refractivity contribution in [2.45, 2.75) is 192 Å². The van der Waals surface area contributed by atoms with E-state index in [-0.39, 0.29) is 56.8 Å². The van der Waals surface area contributed by atoms with Gasteiger partial charge in [0.2, 0.25) is 0 Å². The molecule has 0 bridgehead atoms. The van der Waals surface area contributed by atoms with Gasteiger partial charge in [-0.05, 0) is 95.0 Å². The lowest BCUT2D eigenvalue weighted by Gasteiger charge is -2.54. The molecule has 0 aromatic rings. The van der Waals surface area contributed by atoms with Gasteiger partial charge in [0.25, 0.3) is 10.2 Å². The molecule has 4 N–H and O–H groups in total. The van der Waals surface area contributed by atoms with E-state index < -0.39 is 117 Å². The fourth-order valence-corrected chi connectivity index (χ4v) is 12.4. The minimum Gasteiger partial charge on any atom is -0.458 e. The van der Waals surface area contributed by atoms with Crippen LogP contribution >= 0.6 is 0 Å². The molecule has 4 fully saturated rings. The largest absolute Gasteiger partial charge is 0.458 e. The number of esters is 1. The Balaban J connectivity index is 1.87. The Labute approximate surface area is 431 Å². The molecule has 21 nitrogen and oxygen atoms in total. The first-order valence-electron chi connectivity index (χ1n) is 26.1. The van der Waals surface area contributed by atoms with Crippen molar-refractivity contribution >= 4 is 28.1 Å². The summed E-state index contributed by atoms with van der Waals surface area (Å²) in [6.07, 6.45) is -7.70. The van der Waals surface area contributed by atoms with Crippen LogP contribution in [0.5, 0.6) is 0 Å². The molecule has 0 aliphatic carbocycles. The van der Waals surface area contributed by atoms with E-state index in [9.17, 15) is 23.4 Å². The van der Waals surface area contributed by atoms with Gasteiger partial charge in [0, 0.05) is 84.2 Å². The van der Waals surface area contributed by atoms with Crippen LogP contribution in [-0.4, -0.2) is 228 Å². The summed E-state index contributed by atoms with van der Waals surface area (Å²) >= 11 is 0. The number of rotatable bonds is 20. The Hall–Kier alpha value is -2.16. The van der Waals surface area contributed by atoms with Gasteiger partial charge in [0.05, 0.1) is 42.0 Å². The molecule has 0 aromatic heterocycles. The smallest absolute Gasteiger partial charge is 0.410 e. The van der Waals surface area contributed by atoms with Gasteiger partial charge >= 0.3 is 12.1 Å². The summed E-state index contributed by atoms with van der Waals surface area (Å²) in [4.78, 5) is 51.7. The predicted molar refractivity (Wildman–Crippen MR) is 270 cm³/mol. The minimum absolute atomic E-state index is 0.0514. The minimum atomic E-state index is -3.88. The molecule has 18 atom stereocenters. The fourth-order valence-electron chi connectivity index (χ4n) is 11.9. The third-order valence-electron chi connectivity index (χ3n) is 16.7. The number of amides is 1. The van der Waals surface area contributed by atoms with Crippen LogP contribution in [0, 0.1) is 23.7 Å². The van der Waals surface area contributed by atoms with Gasteiger partial charge in [-0.3, -0.25) is 14.5 Å². The number of likely N-dealkylation sites (N-methyl/N-ethyl adjacent to an activating group) is 3. The number of ether oxygens (including phenoxy) is 8. The zero-order valence-electron chi connectivity index (χ0n) is 46.8. The molecule has 420 valence electrons. The number of hydrogen-bond donors (Lipinski definition) is 4. The van der Waals surface area contributed by atoms with Crippen LogP contribution in [0.1, 0.15) is 109 Å². The van der Waals surface area contributed by atoms with Crippen molar-refractivity contribution in [3.05, 3.63) is 0 Å². The Kier molecular flexibility index (Phi) is 21.9. The van der Waals surface area contributed by atoms with Crippen LogP contribution in [-0.2, 0) is 57.7 Å². The predicted octanol–water partition coefficient (Wildman–Crippen LogP) is 2.60. The molecule has 4 rings (SSSR count). The topological polar surface area (TPSA) is 237 Å². The number of hydrogen-bond acceptors (Lipinski definition) is 18. The molecule has 0 saturated carbocycles. The molecular weight excluding hydrogens is 957 g/mol. The average Bonchev–Trinajstić information content (AvgIpc) is 3.58. The normalized spacial score (nSPS) is 40.9. The van der Waals surface area contributed by atoms with Gasteiger partial charge in [-0.15, -0.1) is 0 Å². The van der Waals surface area contributed by atoms with Crippen LogP contribution in [0.4, 0.5) is 4.79 Å². The van der Waals surface area contributed by atoms with E-state index in [1.807, 2.05) is 53.7 Å². The van der Waals surface area contributed by atoms with Crippen molar-refractivity contribution in [2.24, 2.45) is 23.7 Å². The third kappa shape index (κ3) is 13.5. The SMILES string of the molecule is CC[C@H]1OC(=O)[C@H](C)[C@@H](O[C@H]2C[C@@](C)(OC)[C@@](O)(CN(C)CCN(CC)CC)[C@H](C)O2)[C@H](C)[C@@H](O[C@@H]2O[C@H](C)C[C@H](N(C)C)[C@H]2O)[C@@](C)(OC)C[C@@H](C)C(=O)[C@H](C)[C@H]2N(CCNS(=O)(=O)NC)C(=O)O[C@]12C. The Morgan fingerprint density at radius 2 is 1.53 bits per heavy atom. The van der Waals surface area contributed by atoms with E-state index in [0.717, 1.165) is 19.6 Å². The zero-order chi connectivity index (χ0) is 54.5. The van der Waals surface area contributed by atoms with E-state index in [4.69, 9.17) is 37.9 Å². The Morgan fingerprint density at radius 3 is 2.08 bits per heavy atom. The number of carbonyl (C=O) groups excluding carboxylic acids is 3. The number of nitrogens with one attached hydrogen (secondary N) is 2. The van der Waals surface area contributed by atoms with Crippen molar-refractivity contribution in [1.82, 2.24) is 29.0 Å². The number of methoxy groups -OCH3 is 2. The van der Waals surface area contributed by atoms with Crippen molar-refractivity contribution < 1.29 is 70.9 Å². The molecule has 0 aromatic carbocycles. The lowest BCUT2D eigenvalue weighted by Crippen LogP contribution is -2.70. The van der Waals surface area contributed by atoms with E-state index >= 15 is 9.59 Å². The second kappa shape index (κ2) is 25.3. The number of ketones is 1. The van der Waals surface area contributed by atoms with Gasteiger partial charge in [0.1, 0.15) is 29.2 Å². The zero-order valence-corrected chi connectivity index (χ0v) is 47.6. The maximum Gasteiger partial charge on any atom is 0.410 e. The van der Waals surface area contributed by atoms with Crippen molar-refractivity contribution in [2.75, 3.05) is 88.2 Å². The van der Waals surface area contributed by atoms with Crippen molar-refractivity contribution in [1.29, 1.82) is 0 Å². The molecule has 4 heterocycles. The van der Waals surface area contributed by atoms with Gasteiger partial charge < -0.3 is 62.8 Å². The molecule has 4 saturated heterocycles. The number of aliphatic hydroxyl groups is 2. The van der Waals surface area contributed by atoms with Crippen molar-refractivity contribution in [3.63, 3.8) is 0 Å². The number of fused-ring (bicyclic) bond motifs is 1. The monoisotopic (exact) mass is 1050 g/mol. The molecule has 4 aliphatic rings. The summed E-state index contributed by atoms with van der Waals surface area (Å²) in [5.74, 6) is -4.53. The standard InChI is InChI=1S/C50H94N6O15S/c1-19-37-49(12)42(56(46(60)71-49)23-22-52-72(62,63)51-13)32(6)39(57)30(4)27-47(10,64-17)43(70-45-40(58)36(53(14)15)26-31(5)66-45)33(7)41(34(8)44(59)68-37)69-38-28-48(11,65-18)50(61,35(9)67-38)29-54(16)24-25-55(20-2)21-3/h30-38,40-43,45,51-52,58,61H,19-29H2,1-18H3/t30-,31-,32+,33+,34-,35+,36+,37-,38+,40-,41+,42-,43-,45+,47+,48-,49-,50-/m1/s1. The maximum atomic E-state index is 15.1. The highest BCUT2D eigenvalue weighted by Gasteiger charge is 2.62. The van der Waals surface area contributed by atoms with Crippen LogP contribution in [0.2, 0.25) is 0 Å². The molecular formula is C50H94N6O15S. The summed E-state index contributed by atoms with van der Waals surface area (Å²) in [6.45, 7) is 25.2. The molecule has 1 amide bonds. The lowest BCUT2D eigenvalue weighted by atomic mass is 9.73. The molecule has 4 aliphatic heterocycles. The highest BCUT2D eigenvalue weighted by atomic mass is 32.2. The molecule has 0 unspecified atom stereocenters. The maximum absolute atomic E-state index is 15.1. The van der Waals surface area contributed by atoms with Gasteiger partial charge in [0.15, 0.2) is 18.2 Å². The first-order chi connectivity index (χ1) is 33.5. The van der Waals surface area contributed by atoms with Crippen LogP contribution in [0.25, 0.3) is 0 Å². The average molecular weight is 1050 g/mol. The summed E-state index contributed by atoms with van der Waals surface area (Å²) in [6, 6.07) is -1.35. The quantitative estimate of drug-likeness (QED) is 0.128. The van der Waals surface area contributed by atoms with E-state index in [2.05, 4.69) is 33.1 Å². The van der Waals surface area contributed by atoms with Gasteiger partial charge in [-0.1, -0.05) is 41.5 Å². The first-order valence-corrected chi connectivity index (χ1v) is 27.6. The number of nitrogens with zero attached hydrogens (tertiary/aromatic N) is 4. The van der Waals surface area contributed by atoms with Crippen LogP contribution in [0.15, 0.2) is 0 Å². The number of carbonyl (C=O) groups is 3. The second-order valence-electron chi connectivity index (χ2n) is 21.9. The molecule has 0 spiro atoms. The summed E-state index contributed by atoms with van der Waals surface area (Å²) in [7, 11) is 6.14. The summed E-state index contributed by atoms with van der Waals surface area (Å²) in [5, 5.41) is 24.5. The number of Topliss-reactive ketones (excluding diaryl/α,β-unsaturated/α-hetero) is 1. The lowest BCUT2D eigenvalue weighted by molar-refractivity contribution is -0.339. The van der Waals surface area contributed by atoms with E-state index in [0.29, 0.717) is 13.0 Å². The first kappa shape index (κ1) is 62.4. The van der Waals surface area contributed by atoms with Crippen LogP contribution < -0.4 is 9.44 Å². The van der Waals surface area contributed by atoms with Gasteiger partial charge in [-0.25, -0.2) is 14.2 Å². The van der Waals surface area contributed by atoms with E-state index in [1.54, 1.807) is 48.7 Å². The molecule has 0 radical (unpaired) electrons. The highest BCUT2D eigenvalue weighted by molar-refractivity contribution is 7.87. The summed E-state index contributed by atoms with van der Waals surface area (Å²) < 4.78 is 81.8.